The van der Waals surface area contributed by atoms with E-state index in [4.69, 9.17) is 4.74 Å². The van der Waals surface area contributed by atoms with Crippen molar-refractivity contribution in [2.45, 2.75) is 20.0 Å². The summed E-state index contributed by atoms with van der Waals surface area (Å²) < 4.78 is 47.6. The van der Waals surface area contributed by atoms with Crippen molar-refractivity contribution in [2.24, 2.45) is 0 Å². The number of halogens is 3. The molecule has 3 aromatic heterocycles. The number of benzene rings is 1. The Kier molecular flexibility index (Phi) is 5.09. The number of methoxy groups -OCH3 is 1. The van der Waals surface area contributed by atoms with Crippen molar-refractivity contribution in [1.29, 1.82) is 0 Å². The molecule has 31 heavy (non-hydrogen) atoms. The van der Waals surface area contributed by atoms with E-state index in [1.165, 1.54) is 30.6 Å². The number of carbonyl (C=O) groups is 1. The number of ether oxygens (including phenoxy) is 1. The summed E-state index contributed by atoms with van der Waals surface area (Å²) in [6.45, 7) is 3.80. The molecule has 0 spiro atoms. The Bertz CT molecular complexity index is 1280. The van der Waals surface area contributed by atoms with Crippen LogP contribution in [0.15, 0.2) is 30.5 Å². The Hall–Kier alpha value is -3.54. The number of aromatic nitrogens is 5. The van der Waals surface area contributed by atoms with Gasteiger partial charge in [-0.2, -0.15) is 18.3 Å². The zero-order chi connectivity index (χ0) is 22.3. The largest absolute Gasteiger partial charge is 0.480 e. The average Bonchev–Trinajstić information content (AvgIpc) is 3.32. The Morgan fingerprint density at radius 2 is 1.97 bits per heavy atom. The van der Waals surface area contributed by atoms with Crippen LogP contribution in [0.5, 0.6) is 5.88 Å². The third kappa shape index (κ3) is 3.93. The molecule has 4 rings (SSSR count). The first kappa shape index (κ1) is 20.7. The highest BCUT2D eigenvalue weighted by Gasteiger charge is 2.41. The van der Waals surface area contributed by atoms with Crippen molar-refractivity contribution in [3.63, 3.8) is 0 Å². The van der Waals surface area contributed by atoms with Crippen molar-refractivity contribution in [1.82, 2.24) is 25.0 Å². The van der Waals surface area contributed by atoms with Crippen molar-refractivity contribution in [3.8, 4) is 11.7 Å². The van der Waals surface area contributed by atoms with Crippen LogP contribution in [-0.4, -0.2) is 38.0 Å². The van der Waals surface area contributed by atoms with Crippen LogP contribution in [0.4, 0.5) is 18.3 Å². The number of thiazole rings is 1. The normalized spacial score (nSPS) is 11.7. The molecule has 4 aromatic rings. The van der Waals surface area contributed by atoms with E-state index in [0.717, 1.165) is 22.0 Å². The van der Waals surface area contributed by atoms with Crippen molar-refractivity contribution < 1.29 is 22.7 Å². The molecule has 1 amide bonds. The van der Waals surface area contributed by atoms with E-state index >= 15 is 0 Å². The van der Waals surface area contributed by atoms with Crippen LogP contribution < -0.4 is 10.1 Å². The van der Waals surface area contributed by atoms with Gasteiger partial charge < -0.3 is 4.74 Å². The lowest BCUT2D eigenvalue weighted by atomic mass is 10.1. The second-order valence-corrected chi connectivity index (χ2v) is 7.68. The summed E-state index contributed by atoms with van der Waals surface area (Å²) in [6, 6.07) is 6.44. The maximum Gasteiger partial charge on any atom is 0.434 e. The Morgan fingerprint density at radius 1 is 1.19 bits per heavy atom. The fourth-order valence-electron chi connectivity index (χ4n) is 3.08. The van der Waals surface area contributed by atoms with Crippen LogP contribution >= 0.6 is 11.3 Å². The molecule has 0 saturated heterocycles. The quantitative estimate of drug-likeness (QED) is 0.504. The fraction of sp³-hybridized carbons (Fsp3) is 0.211. The summed E-state index contributed by atoms with van der Waals surface area (Å²) in [6.07, 6.45) is -4.03. The fourth-order valence-corrected chi connectivity index (χ4v) is 4.12. The predicted octanol–water partition coefficient (Wildman–Crippen LogP) is 4.17. The van der Waals surface area contributed by atoms with E-state index in [1.807, 2.05) is 26.0 Å². The number of hydrogen-bond donors (Lipinski definition) is 1. The van der Waals surface area contributed by atoms with Gasteiger partial charge in [0, 0.05) is 6.07 Å². The third-order valence-electron chi connectivity index (χ3n) is 4.38. The summed E-state index contributed by atoms with van der Waals surface area (Å²) in [5.74, 6) is -1.06. The van der Waals surface area contributed by atoms with Gasteiger partial charge in [0.25, 0.3) is 5.91 Å². The molecule has 0 aliphatic rings. The average molecular weight is 448 g/mol. The standard InChI is InChI=1S/C19H15F3N6O2S/c1-9-6-10(2)15-12(7-9)31-18(24-15)25-17(29)11-8-23-28(16(11)19(20,21)22)13-4-5-14(30-3)27-26-13/h4-8H,1-3H3,(H,24,25,29). The molecule has 0 aliphatic heterocycles. The smallest absolute Gasteiger partial charge is 0.434 e. The number of nitrogens with one attached hydrogen (secondary N) is 1. The molecule has 1 N–H and O–H groups in total. The summed E-state index contributed by atoms with van der Waals surface area (Å²) in [7, 11) is 1.35. The van der Waals surface area contributed by atoms with Crippen LogP contribution in [0, 0.1) is 13.8 Å². The van der Waals surface area contributed by atoms with Crippen LogP contribution in [-0.2, 0) is 6.18 Å². The lowest BCUT2D eigenvalue weighted by molar-refractivity contribution is -0.143. The van der Waals surface area contributed by atoms with Gasteiger partial charge in [0.15, 0.2) is 16.6 Å². The van der Waals surface area contributed by atoms with Gasteiger partial charge in [0.05, 0.1) is 29.1 Å². The van der Waals surface area contributed by atoms with E-state index in [0.29, 0.717) is 10.2 Å². The molecule has 12 heteroatoms. The van der Waals surface area contributed by atoms with Gasteiger partial charge in [-0.25, -0.2) is 9.67 Å². The van der Waals surface area contributed by atoms with Crippen molar-refractivity contribution in [2.75, 3.05) is 12.4 Å². The Morgan fingerprint density at radius 3 is 2.61 bits per heavy atom. The van der Waals surface area contributed by atoms with Gasteiger partial charge in [0.1, 0.15) is 0 Å². The first-order valence-electron chi connectivity index (χ1n) is 8.90. The minimum atomic E-state index is -4.87. The highest BCUT2D eigenvalue weighted by Crippen LogP contribution is 2.34. The van der Waals surface area contributed by atoms with Gasteiger partial charge in [-0.05, 0) is 37.1 Å². The van der Waals surface area contributed by atoms with E-state index in [9.17, 15) is 18.0 Å². The van der Waals surface area contributed by atoms with Gasteiger partial charge in [-0.3, -0.25) is 10.1 Å². The number of hydrogen-bond acceptors (Lipinski definition) is 7. The van der Waals surface area contributed by atoms with Gasteiger partial charge >= 0.3 is 6.18 Å². The van der Waals surface area contributed by atoms with Crippen LogP contribution in [0.25, 0.3) is 16.0 Å². The minimum absolute atomic E-state index is 0.129. The topological polar surface area (TPSA) is 94.8 Å². The number of fused-ring (bicyclic) bond motifs is 1. The highest BCUT2D eigenvalue weighted by atomic mass is 32.1. The van der Waals surface area contributed by atoms with E-state index in [-0.39, 0.29) is 16.8 Å². The second kappa shape index (κ2) is 7.61. The Labute approximate surface area is 177 Å². The number of anilines is 1. The molecule has 0 aliphatic carbocycles. The van der Waals surface area contributed by atoms with Gasteiger partial charge in [0.2, 0.25) is 5.88 Å². The molecule has 3 heterocycles. The van der Waals surface area contributed by atoms with Crippen LogP contribution in [0.3, 0.4) is 0 Å². The van der Waals surface area contributed by atoms with Crippen molar-refractivity contribution >= 4 is 32.6 Å². The molecule has 0 unspecified atom stereocenters. The Balaban J connectivity index is 1.71. The zero-order valence-corrected chi connectivity index (χ0v) is 17.3. The first-order chi connectivity index (χ1) is 14.7. The molecular formula is C19H15F3N6O2S. The number of alkyl halides is 3. The molecular weight excluding hydrogens is 433 g/mol. The van der Waals surface area contributed by atoms with E-state index in [1.54, 1.807) is 0 Å². The number of carbonyl (C=O) groups excluding carboxylic acids is 1. The number of rotatable bonds is 4. The summed E-state index contributed by atoms with van der Waals surface area (Å²) in [5, 5.41) is 13.7. The summed E-state index contributed by atoms with van der Waals surface area (Å²) >= 11 is 1.18. The van der Waals surface area contributed by atoms with E-state index in [2.05, 4.69) is 25.6 Å². The summed E-state index contributed by atoms with van der Waals surface area (Å²) in [4.78, 5) is 17.0. The third-order valence-corrected chi connectivity index (χ3v) is 5.30. The maximum absolute atomic E-state index is 13.8. The van der Waals surface area contributed by atoms with Crippen LogP contribution in [0.2, 0.25) is 0 Å². The maximum atomic E-state index is 13.8. The lowest BCUT2D eigenvalue weighted by Crippen LogP contribution is -2.21. The SMILES string of the molecule is COc1ccc(-n2ncc(C(=O)Nc3nc4c(C)cc(C)cc4s3)c2C(F)(F)F)nn1. The molecule has 1 aromatic carbocycles. The molecule has 0 fully saturated rings. The molecule has 0 radical (unpaired) electrons. The van der Waals surface area contributed by atoms with Crippen LogP contribution in [0.1, 0.15) is 27.2 Å². The van der Waals surface area contributed by atoms with Crippen molar-refractivity contribution in [3.05, 3.63) is 52.8 Å². The number of amides is 1. The van der Waals surface area contributed by atoms with E-state index < -0.39 is 23.3 Å². The molecule has 0 bridgehead atoms. The zero-order valence-electron chi connectivity index (χ0n) is 16.5. The molecule has 8 nitrogen and oxygen atoms in total. The lowest BCUT2D eigenvalue weighted by Gasteiger charge is -2.11. The highest BCUT2D eigenvalue weighted by molar-refractivity contribution is 7.22. The number of aryl methyl sites for hydroxylation is 2. The predicted molar refractivity (Wildman–Crippen MR) is 108 cm³/mol. The monoisotopic (exact) mass is 448 g/mol. The summed E-state index contributed by atoms with van der Waals surface area (Å²) in [5.41, 5.74) is 0.697. The van der Waals surface area contributed by atoms with Gasteiger partial charge in [-0.1, -0.05) is 17.4 Å². The second-order valence-electron chi connectivity index (χ2n) is 6.65. The molecule has 0 saturated carbocycles. The first-order valence-corrected chi connectivity index (χ1v) is 9.71. The minimum Gasteiger partial charge on any atom is -0.480 e. The number of nitrogens with zero attached hydrogens (tertiary/aromatic N) is 5. The molecule has 160 valence electrons. The van der Waals surface area contributed by atoms with Gasteiger partial charge in [-0.15, -0.1) is 10.2 Å². The molecule has 0 atom stereocenters.